The molecule has 84 valence electrons. The first kappa shape index (κ1) is 11.2. The van der Waals surface area contributed by atoms with Crippen LogP contribution in [0.5, 0.6) is 0 Å². The van der Waals surface area contributed by atoms with Gasteiger partial charge in [0.2, 0.25) is 0 Å². The van der Waals surface area contributed by atoms with Crippen LogP contribution in [-0.2, 0) is 12.8 Å². The monoisotopic (exact) mass is 223 g/mol. The first-order valence-electron chi connectivity index (χ1n) is 6.12. The van der Waals surface area contributed by atoms with Gasteiger partial charge in [-0.05, 0) is 56.6 Å². The summed E-state index contributed by atoms with van der Waals surface area (Å²) in [6, 6.07) is 5.03. The van der Waals surface area contributed by atoms with Crippen LogP contribution < -0.4 is 5.73 Å². The maximum absolute atomic E-state index is 6.08. The Balaban J connectivity index is 1.68. The summed E-state index contributed by atoms with van der Waals surface area (Å²) < 4.78 is 0. The van der Waals surface area contributed by atoms with Gasteiger partial charge in [-0.3, -0.25) is 0 Å². The number of rotatable bonds is 6. The predicted octanol–water partition coefficient (Wildman–Crippen LogP) is 3.37. The van der Waals surface area contributed by atoms with Crippen molar-refractivity contribution >= 4 is 11.3 Å². The Morgan fingerprint density at radius 1 is 1.40 bits per heavy atom. The Morgan fingerprint density at radius 3 is 2.73 bits per heavy atom. The lowest BCUT2D eigenvalue weighted by molar-refractivity contribution is 0.530. The van der Waals surface area contributed by atoms with Crippen LogP contribution >= 0.6 is 11.3 Å². The van der Waals surface area contributed by atoms with Gasteiger partial charge in [-0.1, -0.05) is 6.92 Å². The third-order valence-corrected chi connectivity index (χ3v) is 4.54. The molecule has 0 bridgehead atoms. The van der Waals surface area contributed by atoms with E-state index in [1.54, 1.807) is 0 Å². The van der Waals surface area contributed by atoms with Crippen molar-refractivity contribution in [2.45, 2.75) is 51.5 Å². The summed E-state index contributed by atoms with van der Waals surface area (Å²) in [5.41, 5.74) is 6.08. The first-order chi connectivity index (χ1) is 7.29. The van der Waals surface area contributed by atoms with Crippen molar-refractivity contribution in [3.05, 3.63) is 21.9 Å². The summed E-state index contributed by atoms with van der Waals surface area (Å²) in [5, 5.41) is 0. The summed E-state index contributed by atoms with van der Waals surface area (Å²) in [7, 11) is 0. The number of hydrogen-bond acceptors (Lipinski definition) is 2. The topological polar surface area (TPSA) is 26.0 Å². The van der Waals surface area contributed by atoms with Crippen molar-refractivity contribution < 1.29 is 0 Å². The van der Waals surface area contributed by atoms with Crippen molar-refractivity contribution in [2.24, 2.45) is 11.7 Å². The quantitative estimate of drug-likeness (QED) is 0.786. The molecule has 1 aliphatic rings. The average Bonchev–Trinajstić information content (AvgIpc) is 2.99. The second kappa shape index (κ2) is 5.13. The minimum Gasteiger partial charge on any atom is -0.327 e. The van der Waals surface area contributed by atoms with E-state index >= 15 is 0 Å². The Labute approximate surface area is 96.7 Å². The van der Waals surface area contributed by atoms with Crippen molar-refractivity contribution in [1.82, 2.24) is 0 Å². The maximum atomic E-state index is 6.08. The number of aryl methyl sites for hydroxylation is 2. The zero-order chi connectivity index (χ0) is 10.7. The van der Waals surface area contributed by atoms with E-state index in [1.165, 1.54) is 48.3 Å². The van der Waals surface area contributed by atoms with E-state index in [0.717, 1.165) is 5.92 Å². The Bertz CT molecular complexity index is 301. The summed E-state index contributed by atoms with van der Waals surface area (Å²) in [6.45, 7) is 2.22. The normalized spacial score (nSPS) is 18.0. The van der Waals surface area contributed by atoms with Crippen LogP contribution in [0.2, 0.25) is 0 Å². The molecule has 2 N–H and O–H groups in total. The van der Waals surface area contributed by atoms with E-state index in [-0.39, 0.29) is 0 Å². The van der Waals surface area contributed by atoms with Crippen LogP contribution in [0.1, 0.15) is 42.4 Å². The average molecular weight is 223 g/mol. The fourth-order valence-electron chi connectivity index (χ4n) is 2.02. The van der Waals surface area contributed by atoms with Gasteiger partial charge in [0, 0.05) is 15.8 Å². The SMILES string of the molecule is CCc1ccc(CCCC(N)C2CC2)s1. The number of nitrogens with two attached hydrogens (primary N) is 1. The van der Waals surface area contributed by atoms with Gasteiger partial charge in [0.05, 0.1) is 0 Å². The van der Waals surface area contributed by atoms with Crippen LogP contribution in [0.15, 0.2) is 12.1 Å². The molecule has 2 rings (SSSR count). The summed E-state index contributed by atoms with van der Waals surface area (Å²) >= 11 is 1.97. The van der Waals surface area contributed by atoms with Gasteiger partial charge in [0.25, 0.3) is 0 Å². The summed E-state index contributed by atoms with van der Waals surface area (Å²) in [5.74, 6) is 0.861. The molecular formula is C13H21NS. The molecule has 1 fully saturated rings. The number of hydrogen-bond donors (Lipinski definition) is 1. The van der Waals surface area contributed by atoms with Crippen LogP contribution in [-0.4, -0.2) is 6.04 Å². The zero-order valence-corrected chi connectivity index (χ0v) is 10.4. The summed E-state index contributed by atoms with van der Waals surface area (Å²) in [4.78, 5) is 3.05. The lowest BCUT2D eigenvalue weighted by Gasteiger charge is -2.08. The van der Waals surface area contributed by atoms with E-state index in [1.807, 2.05) is 11.3 Å². The van der Waals surface area contributed by atoms with Gasteiger partial charge in [0.15, 0.2) is 0 Å². The summed E-state index contributed by atoms with van der Waals surface area (Å²) in [6.07, 6.45) is 7.63. The molecule has 1 unspecified atom stereocenters. The highest BCUT2D eigenvalue weighted by Gasteiger charge is 2.27. The minimum absolute atomic E-state index is 0.482. The van der Waals surface area contributed by atoms with Gasteiger partial charge < -0.3 is 5.73 Å². The molecule has 15 heavy (non-hydrogen) atoms. The first-order valence-corrected chi connectivity index (χ1v) is 6.94. The maximum Gasteiger partial charge on any atom is 0.00672 e. The molecule has 1 aliphatic carbocycles. The molecule has 0 amide bonds. The van der Waals surface area contributed by atoms with E-state index < -0.39 is 0 Å². The van der Waals surface area contributed by atoms with E-state index in [2.05, 4.69) is 19.1 Å². The molecule has 1 saturated carbocycles. The third kappa shape index (κ3) is 3.32. The Morgan fingerprint density at radius 2 is 2.13 bits per heavy atom. The highest BCUT2D eigenvalue weighted by Crippen LogP contribution is 2.33. The van der Waals surface area contributed by atoms with Crippen molar-refractivity contribution in [3.8, 4) is 0 Å². The molecule has 1 aromatic rings. The molecule has 1 heterocycles. The second-order valence-corrected chi connectivity index (χ2v) is 5.87. The highest BCUT2D eigenvalue weighted by molar-refractivity contribution is 7.11. The van der Waals surface area contributed by atoms with Crippen molar-refractivity contribution in [3.63, 3.8) is 0 Å². The van der Waals surface area contributed by atoms with Crippen LogP contribution in [0.4, 0.5) is 0 Å². The van der Waals surface area contributed by atoms with Crippen LogP contribution in [0, 0.1) is 5.92 Å². The largest absolute Gasteiger partial charge is 0.327 e. The molecular weight excluding hydrogens is 202 g/mol. The molecule has 0 aliphatic heterocycles. The van der Waals surface area contributed by atoms with Crippen molar-refractivity contribution in [2.75, 3.05) is 0 Å². The Hall–Kier alpha value is -0.340. The van der Waals surface area contributed by atoms with Crippen LogP contribution in [0.3, 0.4) is 0 Å². The lowest BCUT2D eigenvalue weighted by Crippen LogP contribution is -2.22. The number of thiophene rings is 1. The molecule has 0 aromatic carbocycles. The molecule has 0 spiro atoms. The third-order valence-electron chi connectivity index (χ3n) is 3.25. The van der Waals surface area contributed by atoms with Gasteiger partial charge >= 0.3 is 0 Å². The zero-order valence-electron chi connectivity index (χ0n) is 9.54. The molecule has 1 nitrogen and oxygen atoms in total. The fraction of sp³-hybridized carbons (Fsp3) is 0.692. The highest BCUT2D eigenvalue weighted by atomic mass is 32.1. The van der Waals surface area contributed by atoms with Gasteiger partial charge in [-0.2, -0.15) is 0 Å². The van der Waals surface area contributed by atoms with E-state index in [9.17, 15) is 0 Å². The molecule has 1 aromatic heterocycles. The molecule has 2 heteroatoms. The molecule has 0 radical (unpaired) electrons. The van der Waals surface area contributed by atoms with E-state index in [0.29, 0.717) is 6.04 Å². The van der Waals surface area contributed by atoms with Crippen molar-refractivity contribution in [1.29, 1.82) is 0 Å². The van der Waals surface area contributed by atoms with E-state index in [4.69, 9.17) is 5.73 Å². The lowest BCUT2D eigenvalue weighted by atomic mass is 10.1. The van der Waals surface area contributed by atoms with Crippen LogP contribution in [0.25, 0.3) is 0 Å². The Kier molecular flexibility index (Phi) is 3.81. The minimum atomic E-state index is 0.482. The smallest absolute Gasteiger partial charge is 0.00672 e. The molecule has 1 atom stereocenters. The second-order valence-electron chi connectivity index (χ2n) is 4.62. The fourth-order valence-corrected chi connectivity index (χ4v) is 3.02. The standard InChI is InChI=1S/C13H21NS/c1-2-11-8-9-12(15-11)4-3-5-13(14)10-6-7-10/h8-10,13H,2-7,14H2,1H3. The predicted molar refractivity (Wildman–Crippen MR) is 67.3 cm³/mol. The van der Waals surface area contributed by atoms with Gasteiger partial charge in [-0.25, -0.2) is 0 Å². The van der Waals surface area contributed by atoms with Gasteiger partial charge in [0.1, 0.15) is 0 Å². The molecule has 0 saturated heterocycles. The van der Waals surface area contributed by atoms with Gasteiger partial charge in [-0.15, -0.1) is 11.3 Å².